The van der Waals surface area contributed by atoms with Crippen molar-refractivity contribution < 1.29 is 8.42 Å². The highest BCUT2D eigenvalue weighted by atomic mass is 32.2. The molecule has 4 rings (SSSR count). The van der Waals surface area contributed by atoms with Crippen molar-refractivity contribution in [1.29, 1.82) is 0 Å². The fourth-order valence-electron chi connectivity index (χ4n) is 3.72. The van der Waals surface area contributed by atoms with Crippen LogP contribution in [0.25, 0.3) is 11.1 Å². The quantitative estimate of drug-likeness (QED) is 0.890. The minimum absolute atomic E-state index is 0.00446. The van der Waals surface area contributed by atoms with Crippen LogP contribution in [0.3, 0.4) is 0 Å². The maximum absolute atomic E-state index is 11.9. The molecule has 8 heteroatoms. The van der Waals surface area contributed by atoms with Crippen LogP contribution in [0.5, 0.6) is 0 Å². The Morgan fingerprint density at radius 2 is 1.92 bits per heavy atom. The van der Waals surface area contributed by atoms with E-state index in [1.165, 1.54) is 6.26 Å². The predicted octanol–water partition coefficient (Wildman–Crippen LogP) is 0.948. The Hall–Kier alpha value is -2.19. The van der Waals surface area contributed by atoms with Crippen molar-refractivity contribution in [2.45, 2.75) is 18.5 Å². The van der Waals surface area contributed by atoms with Crippen LogP contribution in [-0.4, -0.2) is 54.1 Å². The van der Waals surface area contributed by atoms with Crippen LogP contribution in [0.1, 0.15) is 6.42 Å². The van der Waals surface area contributed by atoms with Gasteiger partial charge in [0.1, 0.15) is 5.82 Å². The van der Waals surface area contributed by atoms with Crippen molar-refractivity contribution >= 4 is 21.8 Å². The van der Waals surface area contributed by atoms with E-state index in [0.717, 1.165) is 23.4 Å². The molecule has 2 unspecified atom stereocenters. The smallest absolute Gasteiger partial charge is 0.221 e. The molecule has 0 spiro atoms. The van der Waals surface area contributed by atoms with Gasteiger partial charge in [-0.25, -0.2) is 13.4 Å². The number of benzene rings is 1. The zero-order valence-corrected chi connectivity index (χ0v) is 14.1. The van der Waals surface area contributed by atoms with Gasteiger partial charge in [-0.05, 0) is 12.0 Å². The van der Waals surface area contributed by atoms with E-state index in [1.807, 2.05) is 30.3 Å². The molecule has 3 heterocycles. The van der Waals surface area contributed by atoms with E-state index in [9.17, 15) is 8.42 Å². The molecular formula is C16H19N5O2S. The fraction of sp³-hybridized carbons (Fsp3) is 0.375. The average molecular weight is 345 g/mol. The van der Waals surface area contributed by atoms with E-state index in [2.05, 4.69) is 14.9 Å². The number of hydrogen-bond donors (Lipinski definition) is 1. The molecule has 0 amide bonds. The van der Waals surface area contributed by atoms with Gasteiger partial charge < -0.3 is 10.6 Å². The maximum Gasteiger partial charge on any atom is 0.221 e. The summed E-state index contributed by atoms with van der Waals surface area (Å²) in [5.74, 6) is 1.02. The van der Waals surface area contributed by atoms with Gasteiger partial charge in [-0.15, -0.1) is 0 Å². The molecule has 2 N–H and O–H groups in total. The highest BCUT2D eigenvalue weighted by Crippen LogP contribution is 2.39. The molecule has 0 saturated carbocycles. The fourth-order valence-corrected chi connectivity index (χ4v) is 4.86. The molecule has 1 aromatic carbocycles. The number of rotatable bonds is 3. The van der Waals surface area contributed by atoms with Gasteiger partial charge in [0.2, 0.25) is 16.0 Å². The van der Waals surface area contributed by atoms with Crippen molar-refractivity contribution in [1.82, 2.24) is 14.3 Å². The van der Waals surface area contributed by atoms with Gasteiger partial charge >= 0.3 is 0 Å². The summed E-state index contributed by atoms with van der Waals surface area (Å²) in [7, 11) is -3.16. The third-order valence-corrected chi connectivity index (χ3v) is 6.06. The number of piperazine rings is 1. The summed E-state index contributed by atoms with van der Waals surface area (Å²) in [5, 5.41) is 0. The lowest BCUT2D eigenvalue weighted by atomic mass is 10.1. The van der Waals surface area contributed by atoms with Crippen molar-refractivity contribution in [3.8, 4) is 11.1 Å². The molecule has 2 atom stereocenters. The van der Waals surface area contributed by atoms with Crippen LogP contribution in [0.4, 0.5) is 11.8 Å². The third kappa shape index (κ3) is 2.51. The van der Waals surface area contributed by atoms with Gasteiger partial charge in [-0.1, -0.05) is 30.3 Å². The lowest BCUT2D eigenvalue weighted by Crippen LogP contribution is -2.48. The Kier molecular flexibility index (Phi) is 3.47. The molecule has 2 aliphatic rings. The normalized spacial score (nSPS) is 23.8. The standard InChI is InChI=1S/C16H19N5O2S/c1-24(22,23)21-10-12-7-13(21)9-20(12)15-14(8-18-16(17)19-15)11-5-3-2-4-6-11/h2-6,8,12-13H,7,9-10H2,1H3,(H2,17,18,19). The summed E-state index contributed by atoms with van der Waals surface area (Å²) in [6.07, 6.45) is 3.84. The molecule has 0 aliphatic carbocycles. The Balaban J connectivity index is 1.71. The van der Waals surface area contributed by atoms with Crippen molar-refractivity contribution in [2.24, 2.45) is 0 Å². The highest BCUT2D eigenvalue weighted by Gasteiger charge is 2.47. The number of aromatic nitrogens is 2. The van der Waals surface area contributed by atoms with Crippen LogP contribution < -0.4 is 10.6 Å². The van der Waals surface area contributed by atoms with Crippen molar-refractivity contribution in [3.63, 3.8) is 0 Å². The Morgan fingerprint density at radius 1 is 1.17 bits per heavy atom. The van der Waals surface area contributed by atoms with E-state index in [-0.39, 0.29) is 18.0 Å². The van der Waals surface area contributed by atoms with Crippen LogP contribution in [0, 0.1) is 0 Å². The van der Waals surface area contributed by atoms with Gasteiger partial charge in [0.05, 0.1) is 6.26 Å². The Morgan fingerprint density at radius 3 is 2.54 bits per heavy atom. The van der Waals surface area contributed by atoms with E-state index in [1.54, 1.807) is 10.5 Å². The van der Waals surface area contributed by atoms with Gasteiger partial charge in [0.15, 0.2) is 0 Å². The topological polar surface area (TPSA) is 92.4 Å². The van der Waals surface area contributed by atoms with Crippen LogP contribution in [0.15, 0.2) is 36.5 Å². The largest absolute Gasteiger partial charge is 0.368 e. The molecule has 0 radical (unpaired) electrons. The minimum Gasteiger partial charge on any atom is -0.368 e. The lowest BCUT2D eigenvalue weighted by molar-refractivity contribution is 0.371. The number of nitrogens with zero attached hydrogens (tertiary/aromatic N) is 4. The number of nitrogens with two attached hydrogens (primary N) is 1. The monoisotopic (exact) mass is 345 g/mol. The molecule has 2 bridgehead atoms. The second kappa shape index (κ2) is 5.42. The maximum atomic E-state index is 11.9. The summed E-state index contributed by atoms with van der Waals surface area (Å²) < 4.78 is 25.3. The van der Waals surface area contributed by atoms with Gasteiger partial charge in [-0.3, -0.25) is 0 Å². The molecule has 2 saturated heterocycles. The molecule has 2 aliphatic heterocycles. The summed E-state index contributed by atoms with van der Waals surface area (Å²) in [6, 6.07) is 10.0. The van der Waals surface area contributed by atoms with Gasteiger partial charge in [-0.2, -0.15) is 9.29 Å². The van der Waals surface area contributed by atoms with Crippen LogP contribution >= 0.6 is 0 Å². The SMILES string of the molecule is CS(=O)(=O)N1CC2CC1CN2c1nc(N)ncc1-c1ccccc1. The van der Waals surface area contributed by atoms with Gasteiger partial charge in [0.25, 0.3) is 0 Å². The number of sulfonamides is 1. The zero-order chi connectivity index (χ0) is 16.9. The first-order chi connectivity index (χ1) is 11.4. The first-order valence-electron chi connectivity index (χ1n) is 7.85. The second-order valence-electron chi connectivity index (χ2n) is 6.36. The first-order valence-corrected chi connectivity index (χ1v) is 9.69. The van der Waals surface area contributed by atoms with E-state index < -0.39 is 10.0 Å². The number of fused-ring (bicyclic) bond motifs is 2. The summed E-state index contributed by atoms with van der Waals surface area (Å²) in [5.41, 5.74) is 7.76. The molecule has 2 aromatic rings. The number of hydrogen-bond acceptors (Lipinski definition) is 6. The van der Waals surface area contributed by atoms with Crippen molar-refractivity contribution in [2.75, 3.05) is 30.0 Å². The summed E-state index contributed by atoms with van der Waals surface area (Å²) >= 11 is 0. The molecule has 24 heavy (non-hydrogen) atoms. The average Bonchev–Trinajstić information content (AvgIpc) is 3.15. The summed E-state index contributed by atoms with van der Waals surface area (Å²) in [6.45, 7) is 1.13. The minimum atomic E-state index is -3.16. The third-order valence-electron chi connectivity index (χ3n) is 4.76. The zero-order valence-electron chi connectivity index (χ0n) is 13.3. The Labute approximate surface area is 141 Å². The number of nitrogen functional groups attached to an aromatic ring is 1. The van der Waals surface area contributed by atoms with E-state index in [0.29, 0.717) is 13.1 Å². The second-order valence-corrected chi connectivity index (χ2v) is 8.29. The van der Waals surface area contributed by atoms with Crippen LogP contribution in [-0.2, 0) is 10.0 Å². The van der Waals surface area contributed by atoms with Crippen LogP contribution in [0.2, 0.25) is 0 Å². The highest BCUT2D eigenvalue weighted by molar-refractivity contribution is 7.88. The van der Waals surface area contributed by atoms with Gasteiger partial charge in [0, 0.05) is 36.9 Å². The molecule has 7 nitrogen and oxygen atoms in total. The van der Waals surface area contributed by atoms with E-state index >= 15 is 0 Å². The first kappa shape index (κ1) is 15.3. The number of anilines is 2. The lowest BCUT2D eigenvalue weighted by Gasteiger charge is -2.34. The molecular weight excluding hydrogens is 326 g/mol. The summed E-state index contributed by atoms with van der Waals surface area (Å²) in [4.78, 5) is 10.8. The predicted molar refractivity (Wildman–Crippen MR) is 93.0 cm³/mol. The van der Waals surface area contributed by atoms with E-state index in [4.69, 9.17) is 5.73 Å². The molecule has 1 aromatic heterocycles. The van der Waals surface area contributed by atoms with Crippen molar-refractivity contribution in [3.05, 3.63) is 36.5 Å². The Bertz CT molecular complexity index is 871. The molecule has 2 fully saturated rings. The molecule has 126 valence electrons.